The summed E-state index contributed by atoms with van der Waals surface area (Å²) in [4.78, 5) is 0. The van der Waals surface area contributed by atoms with E-state index in [2.05, 4.69) is 18.1 Å². The van der Waals surface area contributed by atoms with Crippen LogP contribution in [0.4, 0.5) is 0 Å². The molecule has 0 saturated heterocycles. The van der Waals surface area contributed by atoms with Crippen molar-refractivity contribution >= 4 is 0 Å². The van der Waals surface area contributed by atoms with Gasteiger partial charge < -0.3 is 0 Å². The first-order chi connectivity index (χ1) is 6.65. The molecule has 0 aliphatic rings. The van der Waals surface area contributed by atoms with Crippen LogP contribution in [0.3, 0.4) is 0 Å². The summed E-state index contributed by atoms with van der Waals surface area (Å²) in [6.07, 6.45) is 1.79. The lowest BCUT2D eigenvalue weighted by Crippen LogP contribution is -2.09. The smallest absolute Gasteiger partial charge is 0.138 e. The minimum Gasteiger partial charge on any atom is -0.252 e. The predicted octanol–water partition coefficient (Wildman–Crippen LogP) is 2.54. The van der Waals surface area contributed by atoms with Crippen molar-refractivity contribution in [1.82, 2.24) is 9.78 Å². The second-order valence-electron chi connectivity index (χ2n) is 3.50. The maximum Gasteiger partial charge on any atom is 0.138 e. The van der Waals surface area contributed by atoms with Crippen molar-refractivity contribution in [3.05, 3.63) is 17.0 Å². The first-order valence-electron chi connectivity index (χ1n) is 5.09. The fraction of sp³-hybridized carbons (Fsp3) is 0.636. The Morgan fingerprint density at radius 1 is 1.43 bits per heavy atom. The van der Waals surface area contributed by atoms with Crippen molar-refractivity contribution < 1.29 is 0 Å². The number of aromatic nitrogens is 2. The van der Waals surface area contributed by atoms with Gasteiger partial charge in [0.25, 0.3) is 0 Å². The van der Waals surface area contributed by atoms with Crippen LogP contribution in [0.15, 0.2) is 0 Å². The lowest BCUT2D eigenvalue weighted by molar-refractivity contribution is 0.518. The third kappa shape index (κ3) is 1.65. The maximum atomic E-state index is 8.97. The molecule has 0 saturated carbocycles. The zero-order valence-corrected chi connectivity index (χ0v) is 9.33. The summed E-state index contributed by atoms with van der Waals surface area (Å²) in [6, 6.07) is 2.16. The average Bonchev–Trinajstić information content (AvgIpc) is 2.45. The molecule has 1 unspecified atom stereocenters. The second kappa shape index (κ2) is 4.28. The Morgan fingerprint density at radius 2 is 2.07 bits per heavy atom. The third-order valence-corrected chi connectivity index (χ3v) is 2.66. The molecule has 3 heteroatoms. The molecule has 1 aromatic heterocycles. The molecule has 0 aromatic carbocycles. The summed E-state index contributed by atoms with van der Waals surface area (Å²) in [5.41, 5.74) is 3.47. The van der Waals surface area contributed by atoms with Gasteiger partial charge in [0.05, 0.1) is 11.8 Å². The summed E-state index contributed by atoms with van der Waals surface area (Å²) >= 11 is 0. The van der Waals surface area contributed by atoms with Crippen molar-refractivity contribution in [3.63, 3.8) is 0 Å². The highest BCUT2D eigenvalue weighted by Crippen LogP contribution is 2.19. The van der Waals surface area contributed by atoms with Crippen LogP contribution in [-0.4, -0.2) is 9.78 Å². The first-order valence-corrected chi connectivity index (χ1v) is 5.09. The van der Waals surface area contributed by atoms with Gasteiger partial charge in [-0.1, -0.05) is 13.8 Å². The van der Waals surface area contributed by atoms with E-state index in [-0.39, 0.29) is 6.04 Å². The van der Waals surface area contributed by atoms with Gasteiger partial charge in [-0.3, -0.25) is 4.68 Å². The summed E-state index contributed by atoms with van der Waals surface area (Å²) in [5.74, 6) is 0. The van der Waals surface area contributed by atoms with E-state index in [0.717, 1.165) is 24.2 Å². The Hall–Kier alpha value is -1.30. The quantitative estimate of drug-likeness (QED) is 0.736. The molecule has 14 heavy (non-hydrogen) atoms. The second-order valence-corrected chi connectivity index (χ2v) is 3.50. The highest BCUT2D eigenvalue weighted by molar-refractivity contribution is 5.25. The SMILES string of the molecule is CCc1c(C)nn(C(C#N)CC)c1C. The summed E-state index contributed by atoms with van der Waals surface area (Å²) in [6.45, 7) is 8.18. The number of nitriles is 1. The molecule has 0 N–H and O–H groups in total. The van der Waals surface area contributed by atoms with E-state index < -0.39 is 0 Å². The van der Waals surface area contributed by atoms with E-state index in [0.29, 0.717) is 0 Å². The lowest BCUT2D eigenvalue weighted by Gasteiger charge is -2.09. The van der Waals surface area contributed by atoms with Gasteiger partial charge in [0.15, 0.2) is 0 Å². The van der Waals surface area contributed by atoms with Crippen LogP contribution in [0, 0.1) is 25.2 Å². The van der Waals surface area contributed by atoms with Crippen molar-refractivity contribution in [3.8, 4) is 6.07 Å². The molecule has 0 spiro atoms. The number of hydrogen-bond donors (Lipinski definition) is 0. The predicted molar refractivity (Wildman–Crippen MR) is 56.0 cm³/mol. The van der Waals surface area contributed by atoms with Crippen molar-refractivity contribution in [2.45, 2.75) is 46.6 Å². The lowest BCUT2D eigenvalue weighted by atomic mass is 10.1. The van der Waals surface area contributed by atoms with Crippen LogP contribution < -0.4 is 0 Å². The molecule has 0 radical (unpaired) electrons. The van der Waals surface area contributed by atoms with E-state index >= 15 is 0 Å². The fourth-order valence-corrected chi connectivity index (χ4v) is 1.83. The van der Waals surface area contributed by atoms with Crippen LogP contribution in [0.2, 0.25) is 0 Å². The zero-order chi connectivity index (χ0) is 10.7. The molecular weight excluding hydrogens is 174 g/mol. The average molecular weight is 191 g/mol. The largest absolute Gasteiger partial charge is 0.252 e. The van der Waals surface area contributed by atoms with Crippen molar-refractivity contribution in [2.75, 3.05) is 0 Å². The molecule has 0 aliphatic heterocycles. The maximum absolute atomic E-state index is 8.97. The van der Waals surface area contributed by atoms with Gasteiger partial charge in [0.1, 0.15) is 6.04 Å². The van der Waals surface area contributed by atoms with Crippen molar-refractivity contribution in [2.24, 2.45) is 0 Å². The van der Waals surface area contributed by atoms with Gasteiger partial charge in [-0.15, -0.1) is 0 Å². The van der Waals surface area contributed by atoms with Gasteiger partial charge >= 0.3 is 0 Å². The van der Waals surface area contributed by atoms with Crippen LogP contribution in [-0.2, 0) is 6.42 Å². The standard InChI is InChI=1S/C11H17N3/c1-5-10(7-12)14-9(4)11(6-2)8(3)13-14/h10H,5-6H2,1-4H3. The summed E-state index contributed by atoms with van der Waals surface area (Å²) < 4.78 is 1.86. The molecule has 0 aliphatic carbocycles. The number of hydrogen-bond acceptors (Lipinski definition) is 2. The Bertz CT molecular complexity index is 357. The van der Waals surface area contributed by atoms with Crippen LogP contribution in [0.5, 0.6) is 0 Å². The van der Waals surface area contributed by atoms with E-state index in [1.807, 2.05) is 25.5 Å². The Balaban J connectivity index is 3.17. The third-order valence-electron chi connectivity index (χ3n) is 2.66. The van der Waals surface area contributed by atoms with E-state index in [9.17, 15) is 0 Å². The van der Waals surface area contributed by atoms with Crippen LogP contribution >= 0.6 is 0 Å². The minimum absolute atomic E-state index is 0.117. The summed E-state index contributed by atoms with van der Waals surface area (Å²) in [7, 11) is 0. The first kappa shape index (κ1) is 10.8. The molecule has 76 valence electrons. The molecule has 0 fully saturated rings. The summed E-state index contributed by atoms with van der Waals surface area (Å²) in [5, 5.41) is 13.4. The van der Waals surface area contributed by atoms with Crippen molar-refractivity contribution in [1.29, 1.82) is 5.26 Å². The molecule has 1 aromatic rings. The molecule has 3 nitrogen and oxygen atoms in total. The van der Waals surface area contributed by atoms with Crippen LogP contribution in [0.1, 0.15) is 43.3 Å². The minimum atomic E-state index is -0.117. The zero-order valence-electron chi connectivity index (χ0n) is 9.33. The number of nitrogens with zero attached hydrogens (tertiary/aromatic N) is 3. The topological polar surface area (TPSA) is 41.6 Å². The highest BCUT2D eigenvalue weighted by Gasteiger charge is 2.15. The van der Waals surface area contributed by atoms with E-state index in [1.54, 1.807) is 0 Å². The van der Waals surface area contributed by atoms with E-state index in [1.165, 1.54) is 5.56 Å². The van der Waals surface area contributed by atoms with Gasteiger partial charge in [-0.05, 0) is 32.3 Å². The fourth-order valence-electron chi connectivity index (χ4n) is 1.83. The van der Waals surface area contributed by atoms with Gasteiger partial charge in [0.2, 0.25) is 0 Å². The number of aryl methyl sites for hydroxylation is 1. The Kier molecular flexibility index (Phi) is 3.29. The molecule has 0 amide bonds. The Labute approximate surface area is 85.4 Å². The molecular formula is C11H17N3. The monoisotopic (exact) mass is 191 g/mol. The number of rotatable bonds is 3. The van der Waals surface area contributed by atoms with Crippen LogP contribution in [0.25, 0.3) is 0 Å². The van der Waals surface area contributed by atoms with Gasteiger partial charge in [0, 0.05) is 5.69 Å². The normalized spacial score (nSPS) is 12.5. The molecule has 1 heterocycles. The van der Waals surface area contributed by atoms with Gasteiger partial charge in [-0.25, -0.2) is 0 Å². The molecule has 0 bridgehead atoms. The van der Waals surface area contributed by atoms with E-state index in [4.69, 9.17) is 5.26 Å². The Morgan fingerprint density at radius 3 is 2.43 bits per heavy atom. The van der Waals surface area contributed by atoms with Gasteiger partial charge in [-0.2, -0.15) is 10.4 Å². The molecule has 1 rings (SSSR count). The highest BCUT2D eigenvalue weighted by atomic mass is 15.3. The molecule has 1 atom stereocenters.